The van der Waals surface area contributed by atoms with E-state index in [9.17, 15) is 4.21 Å². The predicted octanol–water partition coefficient (Wildman–Crippen LogP) is 1.63. The van der Waals surface area contributed by atoms with Gasteiger partial charge >= 0.3 is 0 Å². The molecular weight excluding hydrogens is 214 g/mol. The van der Waals surface area contributed by atoms with Crippen molar-refractivity contribution in [2.45, 2.75) is 0 Å². The van der Waals surface area contributed by atoms with Crippen molar-refractivity contribution in [1.82, 2.24) is 10.2 Å². The molecule has 0 saturated carbocycles. The first-order valence-electron chi connectivity index (χ1n) is 4.22. The van der Waals surface area contributed by atoms with Gasteiger partial charge in [0.1, 0.15) is 0 Å². The molecule has 0 amide bonds. The van der Waals surface area contributed by atoms with Gasteiger partial charge in [0, 0.05) is 17.4 Å². The minimum Gasteiger partial charge on any atom is -0.289 e. The van der Waals surface area contributed by atoms with Gasteiger partial charge in [0.05, 0.1) is 6.20 Å². The number of nitrogens with zero attached hydrogens (tertiary/aromatic N) is 1. The van der Waals surface area contributed by atoms with Crippen molar-refractivity contribution >= 4 is 17.0 Å². The molecule has 0 aliphatic rings. The number of nitrogens with one attached hydrogen (secondary N) is 2. The van der Waals surface area contributed by atoms with E-state index in [1.165, 1.54) is 0 Å². The Bertz CT molecular complexity index is 470. The molecule has 1 unspecified atom stereocenters. The first-order valence-corrected chi connectivity index (χ1v) is 5.33. The fourth-order valence-electron chi connectivity index (χ4n) is 1.27. The van der Waals surface area contributed by atoms with E-state index in [1.54, 1.807) is 30.6 Å². The molecular formula is C9H9N3O2S. The van der Waals surface area contributed by atoms with E-state index in [2.05, 4.69) is 14.9 Å². The second-order valence-electron chi connectivity index (χ2n) is 2.92. The van der Waals surface area contributed by atoms with Crippen LogP contribution in [0.3, 0.4) is 0 Å². The Balaban J connectivity index is 2.31. The smallest absolute Gasteiger partial charge is 0.259 e. The van der Waals surface area contributed by atoms with Gasteiger partial charge in [-0.15, -0.1) is 0 Å². The van der Waals surface area contributed by atoms with Crippen LogP contribution >= 0.6 is 0 Å². The zero-order chi connectivity index (χ0) is 10.7. The average molecular weight is 223 g/mol. The summed E-state index contributed by atoms with van der Waals surface area (Å²) in [4.78, 5) is 0. The van der Waals surface area contributed by atoms with Crippen molar-refractivity contribution in [1.29, 1.82) is 0 Å². The number of rotatable bonds is 3. The topological polar surface area (TPSA) is 78.0 Å². The van der Waals surface area contributed by atoms with Gasteiger partial charge in [-0.2, -0.15) is 5.10 Å². The minimum atomic E-state index is -2.05. The van der Waals surface area contributed by atoms with Crippen molar-refractivity contribution in [3.63, 3.8) is 0 Å². The lowest BCUT2D eigenvalue weighted by Crippen LogP contribution is -2.01. The molecule has 1 aromatic carbocycles. The molecule has 78 valence electrons. The summed E-state index contributed by atoms with van der Waals surface area (Å²) >= 11 is -2.05. The maximum atomic E-state index is 10.5. The zero-order valence-corrected chi connectivity index (χ0v) is 8.49. The van der Waals surface area contributed by atoms with E-state index in [4.69, 9.17) is 4.55 Å². The average Bonchev–Trinajstić information content (AvgIpc) is 2.69. The normalized spacial score (nSPS) is 12.3. The molecule has 5 nitrogen and oxygen atoms in total. The molecule has 6 heteroatoms. The van der Waals surface area contributed by atoms with E-state index in [-0.39, 0.29) is 0 Å². The Kier molecular flexibility index (Phi) is 2.79. The van der Waals surface area contributed by atoms with Gasteiger partial charge in [-0.1, -0.05) is 12.1 Å². The summed E-state index contributed by atoms with van der Waals surface area (Å²) in [5.74, 6) is 0. The van der Waals surface area contributed by atoms with Crippen molar-refractivity contribution in [2.75, 3.05) is 4.72 Å². The summed E-state index contributed by atoms with van der Waals surface area (Å²) in [5.41, 5.74) is 2.45. The van der Waals surface area contributed by atoms with Gasteiger partial charge in [-0.25, -0.2) is 4.21 Å². The van der Waals surface area contributed by atoms with Crippen LogP contribution in [-0.4, -0.2) is 19.0 Å². The monoisotopic (exact) mass is 223 g/mol. The summed E-state index contributed by atoms with van der Waals surface area (Å²) in [5, 5.41) is 6.54. The third kappa shape index (κ3) is 2.42. The van der Waals surface area contributed by atoms with Crippen LogP contribution in [0.1, 0.15) is 0 Å². The molecule has 0 fully saturated rings. The number of hydrogen-bond donors (Lipinski definition) is 3. The molecule has 2 aromatic rings. The Labute approximate surface area is 88.9 Å². The number of hydrogen-bond acceptors (Lipinski definition) is 2. The number of aromatic nitrogens is 2. The maximum Gasteiger partial charge on any atom is 0.259 e. The molecule has 15 heavy (non-hydrogen) atoms. The molecule has 0 aliphatic carbocycles. The van der Waals surface area contributed by atoms with Gasteiger partial charge in [0.15, 0.2) is 0 Å². The quantitative estimate of drug-likeness (QED) is 0.692. The zero-order valence-electron chi connectivity index (χ0n) is 7.68. The molecule has 0 aliphatic heterocycles. The van der Waals surface area contributed by atoms with Crippen molar-refractivity contribution < 1.29 is 8.76 Å². The number of benzene rings is 1. The van der Waals surface area contributed by atoms with Crippen LogP contribution in [0.5, 0.6) is 0 Å². The van der Waals surface area contributed by atoms with Crippen LogP contribution in [0.2, 0.25) is 0 Å². The fraction of sp³-hybridized carbons (Fsp3) is 0. The van der Waals surface area contributed by atoms with Gasteiger partial charge in [0.2, 0.25) is 0 Å². The Morgan fingerprint density at radius 2 is 2.27 bits per heavy atom. The molecule has 1 heterocycles. The summed E-state index contributed by atoms with van der Waals surface area (Å²) < 4.78 is 21.6. The first-order chi connectivity index (χ1) is 7.25. The van der Waals surface area contributed by atoms with Crippen molar-refractivity contribution in [2.24, 2.45) is 0 Å². The molecule has 2 rings (SSSR count). The van der Waals surface area contributed by atoms with Crippen LogP contribution in [0, 0.1) is 0 Å². The van der Waals surface area contributed by atoms with Gasteiger partial charge in [0.25, 0.3) is 11.3 Å². The summed E-state index contributed by atoms with van der Waals surface area (Å²) in [7, 11) is 0. The van der Waals surface area contributed by atoms with Crippen LogP contribution in [0.4, 0.5) is 5.69 Å². The SMILES string of the molecule is O=S(O)Nc1cccc(-c2cn[nH]c2)c1. The minimum absolute atomic E-state index is 0.592. The highest BCUT2D eigenvalue weighted by Gasteiger charge is 2.01. The first kappa shape index (κ1) is 9.88. The molecule has 1 atom stereocenters. The summed E-state index contributed by atoms with van der Waals surface area (Å²) in [6.45, 7) is 0. The fourth-order valence-corrected chi connectivity index (χ4v) is 1.60. The third-order valence-electron chi connectivity index (χ3n) is 1.90. The van der Waals surface area contributed by atoms with E-state index in [0.717, 1.165) is 11.1 Å². The van der Waals surface area contributed by atoms with E-state index in [1.807, 2.05) is 6.07 Å². The summed E-state index contributed by atoms with van der Waals surface area (Å²) in [6, 6.07) is 7.20. The Morgan fingerprint density at radius 3 is 2.93 bits per heavy atom. The van der Waals surface area contributed by atoms with Crippen LogP contribution in [0.15, 0.2) is 36.7 Å². The van der Waals surface area contributed by atoms with Gasteiger partial charge in [-0.05, 0) is 17.7 Å². The van der Waals surface area contributed by atoms with Gasteiger partial charge in [-0.3, -0.25) is 14.4 Å². The maximum absolute atomic E-state index is 10.5. The van der Waals surface area contributed by atoms with E-state index < -0.39 is 11.3 Å². The molecule has 0 bridgehead atoms. The molecule has 0 radical (unpaired) electrons. The lowest BCUT2D eigenvalue weighted by atomic mass is 10.1. The highest BCUT2D eigenvalue weighted by atomic mass is 32.2. The van der Waals surface area contributed by atoms with Crippen molar-refractivity contribution in [3.8, 4) is 11.1 Å². The molecule has 0 spiro atoms. The number of anilines is 1. The number of aromatic amines is 1. The van der Waals surface area contributed by atoms with Crippen LogP contribution in [-0.2, 0) is 11.3 Å². The second-order valence-corrected chi connectivity index (χ2v) is 3.62. The molecule has 0 saturated heterocycles. The Hall–Kier alpha value is -1.66. The lowest BCUT2D eigenvalue weighted by Gasteiger charge is -2.02. The predicted molar refractivity (Wildman–Crippen MR) is 58.4 cm³/mol. The van der Waals surface area contributed by atoms with E-state index in [0.29, 0.717) is 5.69 Å². The van der Waals surface area contributed by atoms with E-state index >= 15 is 0 Å². The third-order valence-corrected chi connectivity index (χ3v) is 2.31. The highest BCUT2D eigenvalue weighted by Crippen LogP contribution is 2.21. The van der Waals surface area contributed by atoms with Gasteiger partial charge < -0.3 is 0 Å². The van der Waals surface area contributed by atoms with Crippen LogP contribution < -0.4 is 4.72 Å². The van der Waals surface area contributed by atoms with Crippen molar-refractivity contribution in [3.05, 3.63) is 36.7 Å². The Morgan fingerprint density at radius 1 is 1.40 bits per heavy atom. The lowest BCUT2D eigenvalue weighted by molar-refractivity contribution is 0.570. The van der Waals surface area contributed by atoms with Crippen LogP contribution in [0.25, 0.3) is 11.1 Å². The molecule has 1 aromatic heterocycles. The largest absolute Gasteiger partial charge is 0.289 e. The standard InChI is InChI=1S/C9H9N3O2S/c13-15(14)12-9-3-1-2-7(4-9)8-5-10-11-6-8/h1-6,12H,(H,10,11)(H,13,14). The summed E-state index contributed by atoms with van der Waals surface area (Å²) in [6.07, 6.45) is 3.45. The second kappa shape index (κ2) is 4.24. The molecule has 3 N–H and O–H groups in total. The highest BCUT2D eigenvalue weighted by molar-refractivity contribution is 7.80. The number of H-pyrrole nitrogens is 1.